The molecular formula is C13H21ClN2S. The van der Waals surface area contributed by atoms with Crippen molar-refractivity contribution in [1.29, 1.82) is 0 Å². The molecule has 17 heavy (non-hydrogen) atoms. The number of likely N-dealkylation sites (tertiary alicyclic amines) is 1. The largest absolute Gasteiger partial charge is 0.329 e. The molecule has 0 spiro atoms. The van der Waals surface area contributed by atoms with Crippen molar-refractivity contribution in [1.82, 2.24) is 4.90 Å². The number of thiophene rings is 1. The van der Waals surface area contributed by atoms with Crippen LogP contribution in [0.15, 0.2) is 11.4 Å². The Morgan fingerprint density at radius 3 is 3.00 bits per heavy atom. The van der Waals surface area contributed by atoms with E-state index in [-0.39, 0.29) is 0 Å². The summed E-state index contributed by atoms with van der Waals surface area (Å²) >= 11 is 7.63. The number of nitrogens with two attached hydrogens (primary N) is 1. The van der Waals surface area contributed by atoms with Gasteiger partial charge in [-0.25, -0.2) is 0 Å². The normalized spacial score (nSPS) is 28.2. The fourth-order valence-electron chi connectivity index (χ4n) is 2.86. The fourth-order valence-corrected chi connectivity index (χ4v) is 3.84. The van der Waals surface area contributed by atoms with Crippen LogP contribution >= 0.6 is 22.9 Å². The Balaban J connectivity index is 2.14. The lowest BCUT2D eigenvalue weighted by atomic mass is 9.89. The Labute approximate surface area is 113 Å². The third-order valence-electron chi connectivity index (χ3n) is 3.97. The summed E-state index contributed by atoms with van der Waals surface area (Å²) in [5.41, 5.74) is 7.27. The quantitative estimate of drug-likeness (QED) is 0.912. The van der Waals surface area contributed by atoms with Crippen LogP contribution < -0.4 is 5.73 Å². The minimum atomic E-state index is 0.426. The summed E-state index contributed by atoms with van der Waals surface area (Å²) in [6, 6.07) is 3.02. The molecule has 1 fully saturated rings. The molecule has 0 bridgehead atoms. The SMILES string of the molecule is CC1CCCN(C(C)c2csc(Cl)c2)C1CN. The van der Waals surface area contributed by atoms with Crippen molar-refractivity contribution >= 4 is 22.9 Å². The number of hydrogen-bond donors (Lipinski definition) is 1. The molecule has 1 aromatic rings. The van der Waals surface area contributed by atoms with Crippen LogP contribution in [-0.4, -0.2) is 24.0 Å². The van der Waals surface area contributed by atoms with Crippen molar-refractivity contribution in [3.05, 3.63) is 21.3 Å². The highest BCUT2D eigenvalue weighted by molar-refractivity contribution is 7.14. The monoisotopic (exact) mass is 272 g/mol. The second-order valence-electron chi connectivity index (χ2n) is 5.02. The van der Waals surface area contributed by atoms with Gasteiger partial charge in [-0.05, 0) is 49.2 Å². The van der Waals surface area contributed by atoms with Gasteiger partial charge in [-0.2, -0.15) is 0 Å². The zero-order valence-corrected chi connectivity index (χ0v) is 12.1. The summed E-state index contributed by atoms with van der Waals surface area (Å²) in [5.74, 6) is 0.699. The van der Waals surface area contributed by atoms with Gasteiger partial charge < -0.3 is 5.73 Å². The number of piperidine rings is 1. The average molecular weight is 273 g/mol. The zero-order valence-electron chi connectivity index (χ0n) is 10.5. The van der Waals surface area contributed by atoms with Crippen LogP contribution in [0.3, 0.4) is 0 Å². The summed E-state index contributed by atoms with van der Waals surface area (Å²) in [7, 11) is 0. The van der Waals surface area contributed by atoms with E-state index < -0.39 is 0 Å². The minimum Gasteiger partial charge on any atom is -0.329 e. The predicted molar refractivity (Wildman–Crippen MR) is 75.7 cm³/mol. The van der Waals surface area contributed by atoms with Crippen LogP contribution in [0.1, 0.15) is 38.3 Å². The van der Waals surface area contributed by atoms with Gasteiger partial charge in [0, 0.05) is 18.6 Å². The molecule has 2 heterocycles. The van der Waals surface area contributed by atoms with Gasteiger partial charge in [-0.1, -0.05) is 18.5 Å². The number of halogens is 1. The second-order valence-corrected chi connectivity index (χ2v) is 6.56. The number of nitrogens with zero attached hydrogens (tertiary/aromatic N) is 1. The molecule has 0 aliphatic carbocycles. The van der Waals surface area contributed by atoms with Gasteiger partial charge in [-0.3, -0.25) is 4.90 Å². The number of rotatable bonds is 3. The van der Waals surface area contributed by atoms with E-state index in [9.17, 15) is 0 Å². The summed E-state index contributed by atoms with van der Waals surface area (Å²) in [5, 5.41) is 2.17. The Hall–Kier alpha value is -0.0900. The average Bonchev–Trinajstić information content (AvgIpc) is 2.74. The maximum atomic E-state index is 6.02. The maximum absolute atomic E-state index is 6.02. The Morgan fingerprint density at radius 1 is 1.65 bits per heavy atom. The first-order valence-electron chi connectivity index (χ1n) is 6.33. The number of hydrogen-bond acceptors (Lipinski definition) is 3. The lowest BCUT2D eigenvalue weighted by molar-refractivity contribution is 0.0691. The highest BCUT2D eigenvalue weighted by Gasteiger charge is 2.31. The molecule has 2 rings (SSSR count). The molecule has 0 amide bonds. The molecule has 1 saturated heterocycles. The van der Waals surface area contributed by atoms with Crippen LogP contribution in [0.2, 0.25) is 4.34 Å². The van der Waals surface area contributed by atoms with Gasteiger partial charge in [0.15, 0.2) is 0 Å². The van der Waals surface area contributed by atoms with Gasteiger partial charge in [0.1, 0.15) is 0 Å². The van der Waals surface area contributed by atoms with Gasteiger partial charge in [0.25, 0.3) is 0 Å². The smallest absolute Gasteiger partial charge is 0.0931 e. The molecule has 96 valence electrons. The van der Waals surface area contributed by atoms with Crippen molar-refractivity contribution in [2.24, 2.45) is 11.7 Å². The van der Waals surface area contributed by atoms with Crippen LogP contribution in [0.4, 0.5) is 0 Å². The third-order valence-corrected chi connectivity index (χ3v) is 5.08. The van der Waals surface area contributed by atoms with Crippen molar-refractivity contribution in [3.63, 3.8) is 0 Å². The van der Waals surface area contributed by atoms with E-state index in [0.29, 0.717) is 18.0 Å². The Kier molecular flexibility index (Phi) is 4.47. The first kappa shape index (κ1) is 13.3. The van der Waals surface area contributed by atoms with E-state index in [1.807, 2.05) is 0 Å². The topological polar surface area (TPSA) is 29.3 Å². The Morgan fingerprint density at radius 2 is 2.41 bits per heavy atom. The molecule has 2 nitrogen and oxygen atoms in total. The van der Waals surface area contributed by atoms with Crippen molar-refractivity contribution < 1.29 is 0 Å². The van der Waals surface area contributed by atoms with Gasteiger partial charge in [-0.15, -0.1) is 11.3 Å². The van der Waals surface area contributed by atoms with Gasteiger partial charge in [0.05, 0.1) is 4.34 Å². The first-order valence-corrected chi connectivity index (χ1v) is 7.59. The molecule has 0 aromatic carbocycles. The second kappa shape index (κ2) is 5.70. The van der Waals surface area contributed by atoms with E-state index in [1.54, 1.807) is 11.3 Å². The molecular weight excluding hydrogens is 252 g/mol. The maximum Gasteiger partial charge on any atom is 0.0931 e. The standard InChI is InChI=1S/C13H21ClN2S/c1-9-4-3-5-16(12(9)7-15)10(2)11-6-13(14)17-8-11/h6,8-10,12H,3-5,7,15H2,1-2H3. The van der Waals surface area contributed by atoms with Crippen LogP contribution in [0, 0.1) is 5.92 Å². The molecule has 0 radical (unpaired) electrons. The van der Waals surface area contributed by atoms with Crippen LogP contribution in [-0.2, 0) is 0 Å². The Bertz CT molecular complexity index is 366. The summed E-state index contributed by atoms with van der Waals surface area (Å²) in [4.78, 5) is 2.55. The molecule has 0 saturated carbocycles. The van der Waals surface area contributed by atoms with Crippen molar-refractivity contribution in [3.8, 4) is 0 Å². The fraction of sp³-hybridized carbons (Fsp3) is 0.692. The molecule has 1 aliphatic heterocycles. The summed E-state index contributed by atoms with van der Waals surface area (Å²) in [6.07, 6.45) is 2.58. The van der Waals surface area contributed by atoms with Gasteiger partial charge in [0.2, 0.25) is 0 Å². The van der Waals surface area contributed by atoms with E-state index >= 15 is 0 Å². The lowest BCUT2D eigenvalue weighted by Crippen LogP contribution is -2.49. The van der Waals surface area contributed by atoms with E-state index in [2.05, 4.69) is 30.2 Å². The molecule has 1 aromatic heterocycles. The molecule has 1 aliphatic rings. The van der Waals surface area contributed by atoms with E-state index in [0.717, 1.165) is 17.4 Å². The third kappa shape index (κ3) is 2.84. The highest BCUT2D eigenvalue weighted by atomic mass is 35.5. The van der Waals surface area contributed by atoms with Crippen molar-refractivity contribution in [2.75, 3.05) is 13.1 Å². The lowest BCUT2D eigenvalue weighted by Gasteiger charge is -2.43. The zero-order chi connectivity index (χ0) is 12.4. The van der Waals surface area contributed by atoms with Crippen molar-refractivity contribution in [2.45, 2.75) is 38.8 Å². The van der Waals surface area contributed by atoms with Gasteiger partial charge >= 0.3 is 0 Å². The van der Waals surface area contributed by atoms with Crippen LogP contribution in [0.5, 0.6) is 0 Å². The molecule has 4 heteroatoms. The minimum absolute atomic E-state index is 0.426. The summed E-state index contributed by atoms with van der Waals surface area (Å²) in [6.45, 7) is 6.49. The first-order chi connectivity index (χ1) is 8.13. The summed E-state index contributed by atoms with van der Waals surface area (Å²) < 4.78 is 0.876. The van der Waals surface area contributed by atoms with E-state index in [4.69, 9.17) is 17.3 Å². The predicted octanol–water partition coefficient (Wildman–Crippen LogP) is 3.52. The highest BCUT2D eigenvalue weighted by Crippen LogP contribution is 2.33. The molecule has 2 N–H and O–H groups in total. The molecule has 3 unspecified atom stereocenters. The van der Waals surface area contributed by atoms with E-state index in [1.165, 1.54) is 18.4 Å². The molecule has 3 atom stereocenters. The van der Waals surface area contributed by atoms with Crippen LogP contribution in [0.25, 0.3) is 0 Å².